The number of carbonyl (C=O) groups is 1. The van der Waals surface area contributed by atoms with E-state index in [1.807, 2.05) is 0 Å². The summed E-state index contributed by atoms with van der Waals surface area (Å²) in [7, 11) is 0. The molecular weight excluding hydrogens is 328 g/mol. The number of aryl methyl sites for hydroxylation is 1. The molecule has 0 fully saturated rings. The van der Waals surface area contributed by atoms with E-state index in [1.54, 1.807) is 6.92 Å². The summed E-state index contributed by atoms with van der Waals surface area (Å²) in [6.07, 6.45) is 0. The summed E-state index contributed by atoms with van der Waals surface area (Å²) < 4.78 is 5.76. The average molecular weight is 355 g/mol. The largest absolute Gasteiger partial charge is 0.425 e. The van der Waals surface area contributed by atoms with Gasteiger partial charge in [-0.1, -0.05) is 75.2 Å². The minimum Gasteiger partial charge on any atom is -0.425 e. The van der Waals surface area contributed by atoms with E-state index in [0.29, 0.717) is 0 Å². The lowest BCUT2D eigenvalue weighted by molar-refractivity contribution is -0.133. The summed E-state index contributed by atoms with van der Waals surface area (Å²) in [6, 6.07) is 4.24. The summed E-state index contributed by atoms with van der Waals surface area (Å²) in [5, 5.41) is 0. The van der Waals surface area contributed by atoms with E-state index in [4.69, 9.17) is 4.74 Å². The Bertz CT molecular complexity index is 496. The van der Waals surface area contributed by atoms with Gasteiger partial charge >= 0.3 is 5.97 Å². The Labute approximate surface area is 137 Å². The summed E-state index contributed by atoms with van der Waals surface area (Å²) in [4.78, 5) is 11.8. The third kappa shape index (κ3) is 4.57. The predicted octanol–water partition coefficient (Wildman–Crippen LogP) is 5.28. The molecule has 0 aromatic heterocycles. The van der Waals surface area contributed by atoms with Gasteiger partial charge in [-0.15, -0.1) is 0 Å². The Morgan fingerprint density at radius 1 is 1.05 bits per heavy atom. The van der Waals surface area contributed by atoms with Gasteiger partial charge in [0.25, 0.3) is 0 Å². The van der Waals surface area contributed by atoms with Gasteiger partial charge in [0.1, 0.15) is 10.6 Å². The van der Waals surface area contributed by atoms with Crippen LogP contribution in [0.15, 0.2) is 12.1 Å². The Morgan fingerprint density at radius 2 is 1.43 bits per heavy atom. The fourth-order valence-electron chi connectivity index (χ4n) is 2.18. The smallest absolute Gasteiger partial charge is 0.324 e. The highest BCUT2D eigenvalue weighted by atomic mass is 79.9. The molecule has 1 atom stereocenters. The van der Waals surface area contributed by atoms with Crippen molar-refractivity contribution in [3.8, 4) is 5.75 Å². The van der Waals surface area contributed by atoms with Crippen LogP contribution >= 0.6 is 15.9 Å². The second-order valence-electron chi connectivity index (χ2n) is 7.73. The van der Waals surface area contributed by atoms with Crippen LogP contribution in [0.5, 0.6) is 5.75 Å². The van der Waals surface area contributed by atoms with Gasteiger partial charge < -0.3 is 4.74 Å². The van der Waals surface area contributed by atoms with E-state index in [0.717, 1.165) is 16.9 Å². The maximum Gasteiger partial charge on any atom is 0.324 e. The number of carbonyl (C=O) groups excluding carboxylic acids is 1. The third-order valence-corrected chi connectivity index (χ3v) is 3.75. The lowest BCUT2D eigenvalue weighted by Gasteiger charge is -2.30. The van der Waals surface area contributed by atoms with Crippen LogP contribution < -0.4 is 4.74 Å². The number of halogens is 1. The van der Waals surface area contributed by atoms with Crippen molar-refractivity contribution in [2.45, 2.75) is 71.0 Å². The normalized spacial score (nSPS) is 14.0. The van der Waals surface area contributed by atoms with Gasteiger partial charge in [-0.2, -0.15) is 0 Å². The Morgan fingerprint density at radius 3 is 1.71 bits per heavy atom. The lowest BCUT2D eigenvalue weighted by atomic mass is 9.78. The van der Waals surface area contributed by atoms with Gasteiger partial charge in [-0.25, -0.2) is 0 Å². The van der Waals surface area contributed by atoms with Gasteiger partial charge in [0.15, 0.2) is 0 Å². The second kappa shape index (κ2) is 6.12. The Kier molecular flexibility index (Phi) is 5.31. The van der Waals surface area contributed by atoms with E-state index in [9.17, 15) is 4.79 Å². The minimum absolute atomic E-state index is 0.0861. The van der Waals surface area contributed by atoms with Gasteiger partial charge in [0.05, 0.1) is 0 Å². The monoisotopic (exact) mass is 354 g/mol. The molecule has 0 N–H and O–H groups in total. The average Bonchev–Trinajstić information content (AvgIpc) is 2.27. The van der Waals surface area contributed by atoms with Crippen LogP contribution in [0.2, 0.25) is 0 Å². The molecule has 0 bridgehead atoms. The highest BCUT2D eigenvalue weighted by Crippen LogP contribution is 2.40. The molecule has 0 spiro atoms. The van der Waals surface area contributed by atoms with Gasteiger partial charge in [-0.05, 0) is 24.7 Å². The zero-order valence-corrected chi connectivity index (χ0v) is 16.0. The van der Waals surface area contributed by atoms with Crippen LogP contribution in [0.3, 0.4) is 0 Å². The van der Waals surface area contributed by atoms with E-state index in [1.165, 1.54) is 5.56 Å². The zero-order valence-electron chi connectivity index (χ0n) is 14.4. The number of alkyl halides is 1. The Hall–Kier alpha value is -0.830. The van der Waals surface area contributed by atoms with E-state index < -0.39 is 0 Å². The summed E-state index contributed by atoms with van der Waals surface area (Å²) in [5.74, 6) is 0.465. The van der Waals surface area contributed by atoms with Crippen LogP contribution in [0.25, 0.3) is 0 Å². The molecule has 0 saturated carbocycles. The van der Waals surface area contributed by atoms with Gasteiger partial charge in [0.2, 0.25) is 0 Å². The molecule has 0 amide bonds. The van der Waals surface area contributed by atoms with Gasteiger partial charge in [-0.3, -0.25) is 4.79 Å². The maximum atomic E-state index is 12.1. The maximum absolute atomic E-state index is 12.1. The molecule has 0 saturated heterocycles. The van der Waals surface area contributed by atoms with E-state index in [2.05, 4.69) is 76.5 Å². The summed E-state index contributed by atoms with van der Waals surface area (Å²) in [6.45, 7) is 16.7. The van der Waals surface area contributed by atoms with Crippen LogP contribution in [0.1, 0.15) is 65.2 Å². The first kappa shape index (κ1) is 18.2. The van der Waals surface area contributed by atoms with Crippen molar-refractivity contribution in [1.82, 2.24) is 0 Å². The molecule has 1 aromatic rings. The topological polar surface area (TPSA) is 26.3 Å². The first-order chi connectivity index (χ1) is 9.34. The van der Waals surface area contributed by atoms with Crippen molar-refractivity contribution in [2.24, 2.45) is 0 Å². The van der Waals surface area contributed by atoms with Crippen LogP contribution in [0.4, 0.5) is 0 Å². The molecule has 0 aliphatic carbocycles. The number of hydrogen-bond donors (Lipinski definition) is 0. The molecule has 118 valence electrons. The second-order valence-corrected chi connectivity index (χ2v) is 9.10. The highest BCUT2D eigenvalue weighted by Gasteiger charge is 2.29. The first-order valence-corrected chi connectivity index (χ1v) is 8.27. The Balaban J connectivity index is 3.58. The number of esters is 1. The van der Waals surface area contributed by atoms with Crippen molar-refractivity contribution in [2.75, 3.05) is 0 Å². The molecule has 0 radical (unpaired) electrons. The van der Waals surface area contributed by atoms with Crippen LogP contribution in [0, 0.1) is 6.92 Å². The number of ether oxygens (including phenoxy) is 1. The molecule has 0 aliphatic rings. The fourth-order valence-corrected chi connectivity index (χ4v) is 2.27. The molecule has 21 heavy (non-hydrogen) atoms. The molecule has 2 nitrogen and oxygen atoms in total. The van der Waals surface area contributed by atoms with Crippen molar-refractivity contribution >= 4 is 21.9 Å². The number of rotatable bonds is 2. The minimum atomic E-state index is -0.320. The molecule has 0 aliphatic heterocycles. The van der Waals surface area contributed by atoms with Crippen molar-refractivity contribution in [3.05, 3.63) is 28.8 Å². The van der Waals surface area contributed by atoms with Crippen molar-refractivity contribution in [1.29, 1.82) is 0 Å². The molecule has 1 rings (SSSR count). The number of benzene rings is 1. The van der Waals surface area contributed by atoms with Crippen LogP contribution in [-0.4, -0.2) is 10.8 Å². The quantitative estimate of drug-likeness (QED) is 0.410. The van der Waals surface area contributed by atoms with Crippen LogP contribution in [-0.2, 0) is 15.6 Å². The lowest BCUT2D eigenvalue weighted by Crippen LogP contribution is -2.25. The summed E-state index contributed by atoms with van der Waals surface area (Å²) in [5.41, 5.74) is 3.17. The third-order valence-electron chi connectivity index (χ3n) is 3.38. The molecular formula is C18H27BrO2. The SMILES string of the molecule is Cc1cc(C(C)(C)C)c(OC(=O)C(C)Br)c(C(C)(C)C)c1. The molecule has 3 heteroatoms. The molecule has 1 unspecified atom stereocenters. The van der Waals surface area contributed by atoms with Crippen molar-refractivity contribution in [3.63, 3.8) is 0 Å². The summed E-state index contributed by atoms with van der Waals surface area (Å²) >= 11 is 3.29. The zero-order chi connectivity index (χ0) is 16.6. The van der Waals surface area contributed by atoms with Gasteiger partial charge in [0, 0.05) is 11.1 Å². The first-order valence-electron chi connectivity index (χ1n) is 7.35. The standard InChI is InChI=1S/C18H27BrO2/c1-11-9-13(17(3,4)5)15(21-16(20)12(2)19)14(10-11)18(6,7)8/h9-10,12H,1-8H3. The fraction of sp³-hybridized carbons (Fsp3) is 0.611. The predicted molar refractivity (Wildman–Crippen MR) is 92.6 cm³/mol. The van der Waals surface area contributed by atoms with E-state index in [-0.39, 0.29) is 21.6 Å². The van der Waals surface area contributed by atoms with Crippen molar-refractivity contribution < 1.29 is 9.53 Å². The molecule has 0 heterocycles. The highest BCUT2D eigenvalue weighted by molar-refractivity contribution is 9.10. The number of hydrogen-bond acceptors (Lipinski definition) is 2. The van der Waals surface area contributed by atoms with E-state index >= 15 is 0 Å². The molecule has 1 aromatic carbocycles.